The van der Waals surface area contributed by atoms with E-state index in [1.165, 1.54) is 18.3 Å². The average Bonchev–Trinajstić information content (AvgIpc) is 3.27. The predicted octanol–water partition coefficient (Wildman–Crippen LogP) is 8.68. The van der Waals surface area contributed by atoms with E-state index in [4.69, 9.17) is 7.16 Å². The first-order valence-electron chi connectivity index (χ1n) is 13.4. The molecule has 2 nitrogen and oxygen atoms in total. The van der Waals surface area contributed by atoms with Crippen molar-refractivity contribution in [2.45, 2.75) is 27.1 Å². The van der Waals surface area contributed by atoms with Crippen molar-refractivity contribution >= 4 is 32.7 Å². The molecule has 2 aromatic heterocycles. The molecule has 37 heavy (non-hydrogen) atoms. The van der Waals surface area contributed by atoms with Crippen molar-refractivity contribution in [3.63, 3.8) is 0 Å². The van der Waals surface area contributed by atoms with Crippen LogP contribution in [0, 0.1) is 24.5 Å². The van der Waals surface area contributed by atoms with E-state index < -0.39 is 18.1 Å². The summed E-state index contributed by atoms with van der Waals surface area (Å²) >= 11 is 0. The van der Waals surface area contributed by atoms with E-state index in [2.05, 4.69) is 0 Å². The molecule has 0 bridgehead atoms. The Morgan fingerprint density at radius 2 is 1.54 bits per heavy atom. The first-order chi connectivity index (χ1) is 18.6. The van der Waals surface area contributed by atoms with Gasteiger partial charge in [-0.05, 0) is 59.3 Å². The van der Waals surface area contributed by atoms with Gasteiger partial charge in [-0.3, -0.25) is 0 Å². The topological polar surface area (TPSA) is 17.0 Å². The van der Waals surface area contributed by atoms with E-state index >= 15 is 8.78 Å². The monoisotopic (exact) mass is 494 g/mol. The van der Waals surface area contributed by atoms with Gasteiger partial charge in [0.2, 0.25) is 5.69 Å². The van der Waals surface area contributed by atoms with Gasteiger partial charge in [-0.1, -0.05) is 62.4 Å². The number of aryl methyl sites for hydroxylation is 2. The van der Waals surface area contributed by atoms with Crippen molar-refractivity contribution in [3.05, 3.63) is 102 Å². The fourth-order valence-electron chi connectivity index (χ4n) is 5.20. The summed E-state index contributed by atoms with van der Waals surface area (Å²) in [5, 5.41) is 3.64. The standard InChI is InChI=1S/C33H28F2NO/c1-19(2)15-24-18-36(4)29(17-28(24)35)30-20(3)9-12-25-26-13-14-27(34)31(33(26)37-32(25)30)23-11-10-21-7-5-6-8-22(21)16-23/h5-14,16-19H,15H2,1-4H3/q+1/i15D2. The van der Waals surface area contributed by atoms with Gasteiger partial charge < -0.3 is 4.42 Å². The zero-order valence-corrected chi connectivity index (χ0v) is 21.2. The number of aromatic nitrogens is 1. The summed E-state index contributed by atoms with van der Waals surface area (Å²) in [7, 11) is 1.77. The highest BCUT2D eigenvalue weighted by Crippen LogP contribution is 2.42. The Labute approximate surface area is 217 Å². The highest BCUT2D eigenvalue weighted by Gasteiger charge is 2.25. The molecule has 0 saturated heterocycles. The Morgan fingerprint density at radius 3 is 2.30 bits per heavy atom. The van der Waals surface area contributed by atoms with E-state index in [0.29, 0.717) is 33.6 Å². The van der Waals surface area contributed by atoms with Crippen molar-refractivity contribution in [1.29, 1.82) is 0 Å². The van der Waals surface area contributed by atoms with Crippen LogP contribution in [-0.2, 0) is 13.4 Å². The molecule has 0 unspecified atom stereocenters. The first kappa shape index (κ1) is 21.1. The zero-order chi connectivity index (χ0) is 27.6. The van der Waals surface area contributed by atoms with Gasteiger partial charge >= 0.3 is 0 Å². The largest absolute Gasteiger partial charge is 0.454 e. The van der Waals surface area contributed by atoms with Gasteiger partial charge in [0.25, 0.3) is 0 Å². The van der Waals surface area contributed by atoms with Gasteiger partial charge in [-0.15, -0.1) is 0 Å². The van der Waals surface area contributed by atoms with Crippen LogP contribution in [-0.4, -0.2) is 0 Å². The van der Waals surface area contributed by atoms with Crippen molar-refractivity contribution in [1.82, 2.24) is 0 Å². The molecule has 2 heterocycles. The molecule has 0 aliphatic carbocycles. The molecule has 0 aliphatic heterocycles. The summed E-state index contributed by atoms with van der Waals surface area (Å²) in [5.74, 6) is -1.40. The van der Waals surface area contributed by atoms with Gasteiger partial charge in [0.05, 0.1) is 16.7 Å². The highest BCUT2D eigenvalue weighted by molar-refractivity contribution is 6.13. The van der Waals surface area contributed by atoms with E-state index in [-0.39, 0.29) is 11.4 Å². The second-order valence-electron chi connectivity index (χ2n) is 9.93. The molecule has 0 saturated carbocycles. The first-order valence-corrected chi connectivity index (χ1v) is 12.4. The molecule has 0 spiro atoms. The minimum absolute atomic E-state index is 0.0128. The third-order valence-corrected chi connectivity index (χ3v) is 6.93. The van der Waals surface area contributed by atoms with Crippen LogP contribution in [0.5, 0.6) is 0 Å². The van der Waals surface area contributed by atoms with E-state index in [0.717, 1.165) is 27.1 Å². The SMILES string of the molecule is [2H]C([2H])(c1c[n+](C)c(-c2c(C)ccc3c2oc2c(-c4ccc5ccccc5c4)c(F)ccc23)cc1F)C(C)C. The summed E-state index contributed by atoms with van der Waals surface area (Å²) in [6.07, 6.45) is -0.307. The summed E-state index contributed by atoms with van der Waals surface area (Å²) in [6.45, 7) is 5.39. The third-order valence-electron chi connectivity index (χ3n) is 6.93. The number of hydrogen-bond acceptors (Lipinski definition) is 1. The Bertz CT molecular complexity index is 1920. The molecule has 0 aliphatic rings. The van der Waals surface area contributed by atoms with Crippen molar-refractivity contribution in [2.75, 3.05) is 0 Å². The molecule has 4 heteroatoms. The van der Waals surface area contributed by atoms with Crippen LogP contribution in [0.3, 0.4) is 0 Å². The number of furan rings is 1. The molecule has 0 fully saturated rings. The number of nitrogens with zero attached hydrogens (tertiary/aromatic N) is 1. The minimum atomic E-state index is -1.83. The van der Waals surface area contributed by atoms with Crippen LogP contribution in [0.25, 0.3) is 55.1 Å². The lowest BCUT2D eigenvalue weighted by atomic mass is 9.97. The maximum atomic E-state index is 15.4. The van der Waals surface area contributed by atoms with Crippen LogP contribution in [0.2, 0.25) is 0 Å². The van der Waals surface area contributed by atoms with Crippen LogP contribution in [0.15, 0.2) is 83.4 Å². The lowest BCUT2D eigenvalue weighted by Gasteiger charge is -2.09. The van der Waals surface area contributed by atoms with Crippen molar-refractivity contribution in [3.8, 4) is 22.4 Å². The van der Waals surface area contributed by atoms with Crippen LogP contribution < -0.4 is 4.57 Å². The molecule has 0 amide bonds. The van der Waals surface area contributed by atoms with Gasteiger partial charge in [0.1, 0.15) is 29.8 Å². The molecule has 0 N–H and O–H groups in total. The summed E-state index contributed by atoms with van der Waals surface area (Å²) < 4.78 is 55.9. The summed E-state index contributed by atoms with van der Waals surface area (Å²) in [5.41, 5.74) is 4.18. The molecule has 184 valence electrons. The molecule has 0 radical (unpaired) electrons. The fraction of sp³-hybridized carbons (Fsp3) is 0.182. The van der Waals surface area contributed by atoms with Crippen LogP contribution >= 0.6 is 0 Å². The van der Waals surface area contributed by atoms with E-state index in [1.54, 1.807) is 31.5 Å². The number of hydrogen-bond donors (Lipinski definition) is 0. The maximum Gasteiger partial charge on any atom is 0.219 e. The van der Waals surface area contributed by atoms with Crippen LogP contribution in [0.1, 0.15) is 27.7 Å². The Balaban J connectivity index is 1.62. The van der Waals surface area contributed by atoms with E-state index in [9.17, 15) is 0 Å². The van der Waals surface area contributed by atoms with Gasteiger partial charge in [-0.2, -0.15) is 0 Å². The lowest BCUT2D eigenvalue weighted by Crippen LogP contribution is -2.32. The van der Waals surface area contributed by atoms with Gasteiger partial charge in [0, 0.05) is 19.6 Å². The van der Waals surface area contributed by atoms with Gasteiger partial charge in [0.15, 0.2) is 6.20 Å². The predicted molar refractivity (Wildman–Crippen MR) is 146 cm³/mol. The van der Waals surface area contributed by atoms with Crippen molar-refractivity contribution in [2.24, 2.45) is 13.0 Å². The number of benzene rings is 4. The number of halogens is 2. The second kappa shape index (κ2) is 8.81. The molecular weight excluding hydrogens is 464 g/mol. The second-order valence-corrected chi connectivity index (χ2v) is 9.93. The smallest absolute Gasteiger partial charge is 0.219 e. The number of pyridine rings is 1. The molecule has 6 aromatic rings. The third kappa shape index (κ3) is 3.88. The normalized spacial score (nSPS) is 13.1. The molecule has 4 aromatic carbocycles. The molecular formula is C33H28F2NO+. The highest BCUT2D eigenvalue weighted by atomic mass is 19.1. The Kier molecular flexibility index (Phi) is 5.02. The summed E-state index contributed by atoms with van der Waals surface area (Å²) in [6, 6.07) is 22.2. The van der Waals surface area contributed by atoms with Gasteiger partial charge in [-0.25, -0.2) is 13.3 Å². The quantitative estimate of drug-likeness (QED) is 0.224. The van der Waals surface area contributed by atoms with Crippen molar-refractivity contribution < 1.29 is 20.5 Å². The molecule has 6 rings (SSSR count). The average molecular weight is 495 g/mol. The van der Waals surface area contributed by atoms with Crippen LogP contribution in [0.4, 0.5) is 8.78 Å². The minimum Gasteiger partial charge on any atom is -0.454 e. The van der Waals surface area contributed by atoms with E-state index in [1.807, 2.05) is 61.5 Å². The maximum absolute atomic E-state index is 15.4. The fourth-order valence-corrected chi connectivity index (χ4v) is 5.20. The number of rotatable bonds is 4. The summed E-state index contributed by atoms with van der Waals surface area (Å²) in [4.78, 5) is 0. The Hall–Kier alpha value is -4.05. The Morgan fingerprint density at radius 1 is 0.838 bits per heavy atom. The lowest BCUT2D eigenvalue weighted by molar-refractivity contribution is -0.661. The zero-order valence-electron chi connectivity index (χ0n) is 23.2. The number of fused-ring (bicyclic) bond motifs is 4. The molecule has 0 atom stereocenters.